The number of aromatic nitrogens is 2. The Balaban J connectivity index is 1.88. The van der Waals surface area contributed by atoms with Gasteiger partial charge in [0.25, 0.3) is 0 Å². The number of piperidine rings is 1. The molecule has 5 nitrogen and oxygen atoms in total. The molecular weight excluding hydrogens is 192 g/mol. The second-order valence-electron chi connectivity index (χ2n) is 4.11. The van der Waals surface area contributed by atoms with Crippen molar-refractivity contribution >= 4 is 0 Å². The van der Waals surface area contributed by atoms with E-state index in [9.17, 15) is 0 Å². The van der Waals surface area contributed by atoms with Crippen LogP contribution in [-0.4, -0.2) is 41.3 Å². The molecule has 2 heterocycles. The SMILES string of the molecule is Cc1nnc(CN(C)C2CCNCC2)o1. The zero-order valence-corrected chi connectivity index (χ0v) is 9.36. The number of aryl methyl sites for hydroxylation is 1. The van der Waals surface area contributed by atoms with Crippen LogP contribution in [0, 0.1) is 6.92 Å². The van der Waals surface area contributed by atoms with E-state index in [2.05, 4.69) is 27.5 Å². The van der Waals surface area contributed by atoms with E-state index in [0.717, 1.165) is 19.6 Å². The first-order valence-corrected chi connectivity index (χ1v) is 5.45. The number of hydrogen-bond donors (Lipinski definition) is 1. The first-order valence-electron chi connectivity index (χ1n) is 5.45. The van der Waals surface area contributed by atoms with Crippen LogP contribution in [0.25, 0.3) is 0 Å². The molecule has 1 saturated heterocycles. The summed E-state index contributed by atoms with van der Waals surface area (Å²) in [5.41, 5.74) is 0. The molecule has 0 amide bonds. The lowest BCUT2D eigenvalue weighted by Crippen LogP contribution is -2.40. The van der Waals surface area contributed by atoms with Crippen molar-refractivity contribution in [2.75, 3.05) is 20.1 Å². The largest absolute Gasteiger partial charge is 0.424 e. The fourth-order valence-electron chi connectivity index (χ4n) is 1.99. The van der Waals surface area contributed by atoms with Gasteiger partial charge in [-0.3, -0.25) is 4.90 Å². The smallest absolute Gasteiger partial charge is 0.230 e. The molecule has 1 aliphatic rings. The van der Waals surface area contributed by atoms with E-state index in [1.165, 1.54) is 12.8 Å². The van der Waals surface area contributed by atoms with Crippen LogP contribution >= 0.6 is 0 Å². The van der Waals surface area contributed by atoms with Gasteiger partial charge >= 0.3 is 0 Å². The average Bonchev–Trinajstić information content (AvgIpc) is 2.65. The molecule has 0 unspecified atom stereocenters. The highest BCUT2D eigenvalue weighted by Gasteiger charge is 2.19. The molecule has 84 valence electrons. The van der Waals surface area contributed by atoms with E-state index in [1.807, 2.05) is 6.92 Å². The highest BCUT2D eigenvalue weighted by atomic mass is 16.4. The monoisotopic (exact) mass is 210 g/mol. The topological polar surface area (TPSA) is 54.2 Å². The molecule has 2 rings (SSSR count). The summed E-state index contributed by atoms with van der Waals surface area (Å²) in [6.07, 6.45) is 2.40. The zero-order valence-electron chi connectivity index (χ0n) is 9.36. The van der Waals surface area contributed by atoms with Crippen LogP contribution in [0.5, 0.6) is 0 Å². The molecular formula is C10H18N4O. The van der Waals surface area contributed by atoms with Gasteiger partial charge in [-0.2, -0.15) is 0 Å². The van der Waals surface area contributed by atoms with Crippen molar-refractivity contribution in [1.82, 2.24) is 20.4 Å². The Morgan fingerprint density at radius 3 is 2.73 bits per heavy atom. The molecule has 0 spiro atoms. The quantitative estimate of drug-likeness (QED) is 0.790. The lowest BCUT2D eigenvalue weighted by Gasteiger charge is -2.30. The van der Waals surface area contributed by atoms with Crippen LogP contribution in [-0.2, 0) is 6.54 Å². The summed E-state index contributed by atoms with van der Waals surface area (Å²) in [6.45, 7) is 4.79. The van der Waals surface area contributed by atoms with Gasteiger partial charge in [-0.05, 0) is 33.0 Å². The van der Waals surface area contributed by atoms with Gasteiger partial charge in [0, 0.05) is 13.0 Å². The molecule has 0 saturated carbocycles. The molecule has 0 atom stereocenters. The summed E-state index contributed by atoms with van der Waals surface area (Å²) in [4.78, 5) is 2.30. The molecule has 5 heteroatoms. The summed E-state index contributed by atoms with van der Waals surface area (Å²) in [6, 6.07) is 0.637. The molecule has 0 bridgehead atoms. The molecule has 1 aliphatic heterocycles. The van der Waals surface area contributed by atoms with Crippen molar-refractivity contribution in [3.8, 4) is 0 Å². The minimum atomic E-state index is 0.637. The maximum atomic E-state index is 5.37. The Kier molecular flexibility index (Phi) is 3.33. The van der Waals surface area contributed by atoms with E-state index in [1.54, 1.807) is 0 Å². The number of hydrogen-bond acceptors (Lipinski definition) is 5. The van der Waals surface area contributed by atoms with Crippen LogP contribution in [0.2, 0.25) is 0 Å². The fraction of sp³-hybridized carbons (Fsp3) is 0.800. The van der Waals surface area contributed by atoms with Crippen molar-refractivity contribution in [2.24, 2.45) is 0 Å². The standard InChI is InChI=1S/C10H18N4O/c1-8-12-13-10(15-8)7-14(2)9-3-5-11-6-4-9/h9,11H,3-7H2,1-2H3. The molecule has 1 fully saturated rings. The van der Waals surface area contributed by atoms with Crippen LogP contribution < -0.4 is 5.32 Å². The Hall–Kier alpha value is -0.940. The van der Waals surface area contributed by atoms with Gasteiger partial charge in [-0.1, -0.05) is 0 Å². The molecule has 15 heavy (non-hydrogen) atoms. The van der Waals surface area contributed by atoms with Crippen molar-refractivity contribution in [2.45, 2.75) is 32.4 Å². The molecule has 0 radical (unpaired) electrons. The molecule has 1 N–H and O–H groups in total. The number of nitrogens with one attached hydrogen (secondary N) is 1. The first-order chi connectivity index (χ1) is 7.25. The number of nitrogens with zero attached hydrogens (tertiary/aromatic N) is 3. The van der Waals surface area contributed by atoms with Crippen molar-refractivity contribution in [3.05, 3.63) is 11.8 Å². The van der Waals surface area contributed by atoms with Crippen LogP contribution in [0.3, 0.4) is 0 Å². The molecule has 1 aromatic rings. The van der Waals surface area contributed by atoms with Crippen molar-refractivity contribution < 1.29 is 4.42 Å². The third-order valence-electron chi connectivity index (χ3n) is 2.88. The minimum Gasteiger partial charge on any atom is -0.424 e. The molecule has 0 aliphatic carbocycles. The van der Waals surface area contributed by atoms with Gasteiger partial charge < -0.3 is 9.73 Å². The van der Waals surface area contributed by atoms with Crippen LogP contribution in [0.15, 0.2) is 4.42 Å². The predicted molar refractivity (Wildman–Crippen MR) is 56.4 cm³/mol. The molecule has 1 aromatic heterocycles. The Labute approximate surface area is 89.9 Å². The van der Waals surface area contributed by atoms with E-state index in [-0.39, 0.29) is 0 Å². The lowest BCUT2D eigenvalue weighted by molar-refractivity contribution is 0.176. The van der Waals surface area contributed by atoms with E-state index >= 15 is 0 Å². The van der Waals surface area contributed by atoms with Gasteiger partial charge in [0.05, 0.1) is 6.54 Å². The highest BCUT2D eigenvalue weighted by Crippen LogP contribution is 2.12. The summed E-state index contributed by atoms with van der Waals surface area (Å²) in [5.74, 6) is 1.36. The normalized spacial score (nSPS) is 18.6. The third kappa shape index (κ3) is 2.76. The van der Waals surface area contributed by atoms with Gasteiger partial charge in [0.15, 0.2) is 0 Å². The highest BCUT2D eigenvalue weighted by molar-refractivity contribution is 4.82. The maximum Gasteiger partial charge on any atom is 0.230 e. The van der Waals surface area contributed by atoms with Gasteiger partial charge in [-0.25, -0.2) is 0 Å². The fourth-order valence-corrected chi connectivity index (χ4v) is 1.99. The Bertz CT molecular complexity index is 306. The predicted octanol–water partition coefficient (Wildman–Crippen LogP) is 0.562. The van der Waals surface area contributed by atoms with Crippen LogP contribution in [0.1, 0.15) is 24.6 Å². The van der Waals surface area contributed by atoms with E-state index < -0.39 is 0 Å². The van der Waals surface area contributed by atoms with Crippen molar-refractivity contribution in [1.29, 1.82) is 0 Å². The lowest BCUT2D eigenvalue weighted by atomic mass is 10.1. The Morgan fingerprint density at radius 1 is 1.40 bits per heavy atom. The van der Waals surface area contributed by atoms with Gasteiger partial charge in [0.1, 0.15) is 0 Å². The van der Waals surface area contributed by atoms with Gasteiger partial charge in [-0.15, -0.1) is 10.2 Å². The zero-order chi connectivity index (χ0) is 10.7. The first kappa shape index (κ1) is 10.6. The Morgan fingerprint density at radius 2 is 2.13 bits per heavy atom. The summed E-state index contributed by atoms with van der Waals surface area (Å²) in [5, 5.41) is 11.2. The summed E-state index contributed by atoms with van der Waals surface area (Å²) < 4.78 is 5.37. The van der Waals surface area contributed by atoms with E-state index in [0.29, 0.717) is 17.8 Å². The third-order valence-corrected chi connectivity index (χ3v) is 2.88. The van der Waals surface area contributed by atoms with Gasteiger partial charge in [0.2, 0.25) is 11.8 Å². The van der Waals surface area contributed by atoms with Crippen molar-refractivity contribution in [3.63, 3.8) is 0 Å². The second kappa shape index (κ2) is 4.72. The number of rotatable bonds is 3. The molecule has 0 aromatic carbocycles. The van der Waals surface area contributed by atoms with E-state index in [4.69, 9.17) is 4.42 Å². The summed E-state index contributed by atoms with van der Waals surface area (Å²) in [7, 11) is 2.12. The average molecular weight is 210 g/mol. The second-order valence-corrected chi connectivity index (χ2v) is 4.11. The summed E-state index contributed by atoms with van der Waals surface area (Å²) >= 11 is 0. The minimum absolute atomic E-state index is 0.637. The van der Waals surface area contributed by atoms with Crippen LogP contribution in [0.4, 0.5) is 0 Å². The maximum absolute atomic E-state index is 5.37.